The molecule has 0 saturated carbocycles. The van der Waals surface area contributed by atoms with Crippen molar-refractivity contribution in [2.45, 2.75) is 24.2 Å². The maximum Gasteiger partial charge on any atom is 0.242 e. The van der Waals surface area contributed by atoms with Crippen molar-refractivity contribution >= 4 is 26.3 Å². The number of sulfonamides is 1. The normalized spacial score (nSPS) is 11.8. The van der Waals surface area contributed by atoms with Crippen LogP contribution in [-0.4, -0.2) is 62.7 Å². The Morgan fingerprint density at radius 2 is 1.60 bits per heavy atom. The number of methoxy groups -OCH3 is 3. The Kier molecular flexibility index (Phi) is 7.29. The molecule has 2 aromatic heterocycles. The lowest BCUT2D eigenvalue weighted by molar-refractivity contribution is 0.353. The van der Waals surface area contributed by atoms with Crippen molar-refractivity contribution in [1.82, 2.24) is 18.9 Å². The first-order valence-electron chi connectivity index (χ1n) is 10.9. The number of nitrogens with zero attached hydrogens (tertiary/aromatic N) is 4. The van der Waals surface area contributed by atoms with E-state index in [9.17, 15) is 8.42 Å². The van der Waals surface area contributed by atoms with Crippen molar-refractivity contribution in [3.05, 3.63) is 64.4 Å². The number of rotatable bonds is 10. The Morgan fingerprint density at radius 1 is 0.914 bits per heavy atom. The van der Waals surface area contributed by atoms with Crippen LogP contribution in [-0.2, 0) is 29.3 Å². The molecule has 2 aromatic carbocycles. The average molecular weight is 517 g/mol. The predicted octanol–water partition coefficient (Wildman–Crippen LogP) is 3.44. The zero-order valence-electron chi connectivity index (χ0n) is 20.3. The molecule has 0 fully saturated rings. The summed E-state index contributed by atoms with van der Waals surface area (Å²) in [6.07, 6.45) is 3.93. The Labute approximate surface area is 208 Å². The molecule has 0 radical (unpaired) electrons. The van der Waals surface area contributed by atoms with Crippen molar-refractivity contribution in [2.24, 2.45) is 0 Å². The van der Waals surface area contributed by atoms with Crippen LogP contribution in [0.5, 0.6) is 17.2 Å². The topological polar surface area (TPSA) is 95.3 Å². The van der Waals surface area contributed by atoms with E-state index in [0.717, 1.165) is 34.0 Å². The SMILES string of the molecule is COc1ccccc1CCc1cn2c(Cc3cc(OC)c(OC)cc3S(=O)(=O)N(C)C)nnc2s1. The van der Waals surface area contributed by atoms with Gasteiger partial charge in [-0.25, -0.2) is 12.7 Å². The van der Waals surface area contributed by atoms with Crippen LogP contribution in [0.3, 0.4) is 0 Å². The highest BCUT2D eigenvalue weighted by Crippen LogP contribution is 2.35. The van der Waals surface area contributed by atoms with E-state index in [1.54, 1.807) is 24.5 Å². The minimum absolute atomic E-state index is 0.142. The summed E-state index contributed by atoms with van der Waals surface area (Å²) >= 11 is 1.57. The zero-order valence-corrected chi connectivity index (χ0v) is 21.9. The molecule has 0 atom stereocenters. The lowest BCUT2D eigenvalue weighted by Crippen LogP contribution is -2.23. The number of ether oxygens (including phenoxy) is 3. The van der Waals surface area contributed by atoms with E-state index in [2.05, 4.69) is 16.3 Å². The Bertz CT molecular complexity index is 1440. The lowest BCUT2D eigenvalue weighted by Gasteiger charge is -2.17. The third-order valence-corrected chi connectivity index (χ3v) is 8.67. The summed E-state index contributed by atoms with van der Waals surface area (Å²) in [5.41, 5.74) is 1.69. The van der Waals surface area contributed by atoms with Crippen molar-refractivity contribution < 1.29 is 22.6 Å². The van der Waals surface area contributed by atoms with Gasteiger partial charge in [0.1, 0.15) is 11.6 Å². The van der Waals surface area contributed by atoms with Gasteiger partial charge in [-0.3, -0.25) is 4.40 Å². The fourth-order valence-electron chi connectivity index (χ4n) is 3.85. The number of hydrogen-bond donors (Lipinski definition) is 0. The van der Waals surface area contributed by atoms with E-state index in [-0.39, 0.29) is 11.3 Å². The van der Waals surface area contributed by atoms with Crippen LogP contribution in [0.25, 0.3) is 4.96 Å². The van der Waals surface area contributed by atoms with Crippen molar-refractivity contribution in [3.63, 3.8) is 0 Å². The van der Waals surface area contributed by atoms with Gasteiger partial charge in [0.2, 0.25) is 15.0 Å². The number of thiazole rings is 1. The quantitative estimate of drug-likeness (QED) is 0.319. The summed E-state index contributed by atoms with van der Waals surface area (Å²) < 4.78 is 45.5. The molecule has 9 nitrogen and oxygen atoms in total. The molecule has 0 N–H and O–H groups in total. The number of para-hydroxylation sites is 1. The first-order valence-corrected chi connectivity index (χ1v) is 13.2. The van der Waals surface area contributed by atoms with E-state index in [0.29, 0.717) is 22.9 Å². The van der Waals surface area contributed by atoms with Crippen molar-refractivity contribution in [3.8, 4) is 17.2 Å². The van der Waals surface area contributed by atoms with Gasteiger partial charge in [-0.2, -0.15) is 0 Å². The Morgan fingerprint density at radius 3 is 2.29 bits per heavy atom. The largest absolute Gasteiger partial charge is 0.496 e. The van der Waals surface area contributed by atoms with Gasteiger partial charge in [0.05, 0.1) is 26.2 Å². The number of benzene rings is 2. The molecule has 4 aromatic rings. The van der Waals surface area contributed by atoms with Gasteiger partial charge in [-0.15, -0.1) is 10.2 Å². The van der Waals surface area contributed by atoms with E-state index < -0.39 is 10.0 Å². The van der Waals surface area contributed by atoms with Gasteiger partial charge in [0.15, 0.2) is 11.5 Å². The van der Waals surface area contributed by atoms with Gasteiger partial charge in [-0.05, 0) is 36.1 Å². The van der Waals surface area contributed by atoms with E-state index in [1.807, 2.05) is 28.8 Å². The second-order valence-electron chi connectivity index (χ2n) is 8.06. The molecule has 0 saturated heterocycles. The van der Waals surface area contributed by atoms with Crippen LogP contribution in [0.4, 0.5) is 0 Å². The second-order valence-corrected chi connectivity index (χ2v) is 11.3. The molecule has 0 aliphatic carbocycles. The van der Waals surface area contributed by atoms with E-state index >= 15 is 0 Å². The maximum atomic E-state index is 13.1. The highest BCUT2D eigenvalue weighted by Gasteiger charge is 2.25. The monoisotopic (exact) mass is 516 g/mol. The zero-order chi connectivity index (χ0) is 25.2. The summed E-state index contributed by atoms with van der Waals surface area (Å²) in [6, 6.07) is 11.2. The Balaban J connectivity index is 1.66. The van der Waals surface area contributed by atoms with Gasteiger partial charge >= 0.3 is 0 Å². The fraction of sp³-hybridized carbons (Fsp3) is 0.333. The molecule has 4 rings (SSSR count). The summed E-state index contributed by atoms with van der Waals surface area (Å²) in [4.78, 5) is 2.05. The van der Waals surface area contributed by atoms with Crippen LogP contribution in [0, 0.1) is 0 Å². The number of fused-ring (bicyclic) bond motifs is 1. The summed E-state index contributed by atoms with van der Waals surface area (Å²) in [6.45, 7) is 0. The van der Waals surface area contributed by atoms with Crippen LogP contribution in [0.15, 0.2) is 47.5 Å². The molecule has 0 unspecified atom stereocenters. The third-order valence-electron chi connectivity index (χ3n) is 5.74. The summed E-state index contributed by atoms with van der Waals surface area (Å²) in [5, 5.41) is 8.64. The fourth-order valence-corrected chi connectivity index (χ4v) is 5.89. The van der Waals surface area contributed by atoms with Crippen LogP contribution in [0.1, 0.15) is 21.8 Å². The molecule has 0 amide bonds. The highest BCUT2D eigenvalue weighted by atomic mass is 32.2. The minimum Gasteiger partial charge on any atom is -0.496 e. The highest BCUT2D eigenvalue weighted by molar-refractivity contribution is 7.89. The average Bonchev–Trinajstić information content (AvgIpc) is 3.43. The number of aryl methyl sites for hydroxylation is 2. The molecule has 186 valence electrons. The van der Waals surface area contributed by atoms with Crippen LogP contribution < -0.4 is 14.2 Å². The number of hydrogen-bond acceptors (Lipinski definition) is 8. The predicted molar refractivity (Wildman–Crippen MR) is 134 cm³/mol. The Hall–Kier alpha value is -3.15. The van der Waals surface area contributed by atoms with Crippen LogP contribution >= 0.6 is 11.3 Å². The molecule has 0 bridgehead atoms. The molecule has 35 heavy (non-hydrogen) atoms. The molecule has 0 spiro atoms. The van der Waals surface area contributed by atoms with Crippen molar-refractivity contribution in [2.75, 3.05) is 35.4 Å². The third kappa shape index (κ3) is 4.97. The summed E-state index contributed by atoms with van der Waals surface area (Å²) in [5.74, 6) is 2.31. The molecule has 11 heteroatoms. The molecular weight excluding hydrogens is 488 g/mol. The van der Waals surface area contributed by atoms with Gasteiger partial charge in [-0.1, -0.05) is 29.5 Å². The number of aromatic nitrogens is 3. The lowest BCUT2D eigenvalue weighted by atomic mass is 10.1. The summed E-state index contributed by atoms with van der Waals surface area (Å²) in [7, 11) is 3.93. The minimum atomic E-state index is -3.73. The van der Waals surface area contributed by atoms with Gasteiger partial charge in [0.25, 0.3) is 0 Å². The van der Waals surface area contributed by atoms with Gasteiger partial charge in [0, 0.05) is 37.7 Å². The van der Waals surface area contributed by atoms with Gasteiger partial charge < -0.3 is 14.2 Å². The standard InChI is InChI=1S/C24H28N4O5S2/c1-27(2)35(29,30)22-14-21(33-5)20(32-4)12-17(22)13-23-25-26-24-28(23)15-18(34-24)11-10-16-8-6-7-9-19(16)31-3/h6-9,12,14-15H,10-11,13H2,1-5H3. The smallest absolute Gasteiger partial charge is 0.242 e. The molecule has 0 aliphatic rings. The maximum absolute atomic E-state index is 13.1. The van der Waals surface area contributed by atoms with Crippen molar-refractivity contribution in [1.29, 1.82) is 0 Å². The van der Waals surface area contributed by atoms with E-state index in [4.69, 9.17) is 14.2 Å². The second kappa shape index (κ2) is 10.2. The molecule has 0 aliphatic heterocycles. The van der Waals surface area contributed by atoms with E-state index in [1.165, 1.54) is 38.7 Å². The first-order chi connectivity index (χ1) is 16.8. The molecular formula is C24H28N4O5S2. The first kappa shape index (κ1) is 25.0. The van der Waals surface area contributed by atoms with Crippen LogP contribution in [0.2, 0.25) is 0 Å². The molecule has 2 heterocycles.